The van der Waals surface area contributed by atoms with Gasteiger partial charge in [-0.2, -0.15) is 0 Å². The smallest absolute Gasteiger partial charge is 0.328 e. The number of carboxylic acids is 1. The first-order chi connectivity index (χ1) is 7.75. The maximum Gasteiger partial charge on any atom is 0.328 e. The van der Waals surface area contributed by atoms with Gasteiger partial charge in [-0.15, -0.1) is 0 Å². The molecule has 5 heteroatoms. The summed E-state index contributed by atoms with van der Waals surface area (Å²) in [4.78, 5) is 11.2. The van der Waals surface area contributed by atoms with Crippen LogP contribution in [0.25, 0.3) is 0 Å². The van der Waals surface area contributed by atoms with E-state index in [4.69, 9.17) is 14.6 Å². The van der Waals surface area contributed by atoms with E-state index in [0.717, 1.165) is 16.7 Å². The molecular formula is C11H10O4S. The number of rotatable bonds is 3. The molecule has 0 aliphatic carbocycles. The second-order valence-corrected chi connectivity index (χ2v) is 4.04. The van der Waals surface area contributed by atoms with Crippen LogP contribution in [0.3, 0.4) is 0 Å². The SMILES string of the molecule is O=C(O)C=CSc1ccc2c(c1)OCCO2. The van der Waals surface area contributed by atoms with Crippen molar-refractivity contribution >= 4 is 17.7 Å². The van der Waals surface area contributed by atoms with Gasteiger partial charge in [-0.25, -0.2) is 4.79 Å². The Balaban J connectivity index is 2.08. The fourth-order valence-electron chi connectivity index (χ4n) is 1.27. The van der Waals surface area contributed by atoms with Gasteiger partial charge in [0.2, 0.25) is 0 Å². The van der Waals surface area contributed by atoms with Gasteiger partial charge < -0.3 is 14.6 Å². The molecule has 4 nitrogen and oxygen atoms in total. The minimum atomic E-state index is -0.954. The zero-order valence-electron chi connectivity index (χ0n) is 8.38. The highest BCUT2D eigenvalue weighted by molar-refractivity contribution is 8.02. The summed E-state index contributed by atoms with van der Waals surface area (Å²) in [5.74, 6) is 0.489. The second-order valence-electron chi connectivity index (χ2n) is 3.06. The topological polar surface area (TPSA) is 55.8 Å². The van der Waals surface area contributed by atoms with E-state index < -0.39 is 5.97 Å². The number of aliphatic carboxylic acids is 1. The Morgan fingerprint density at radius 3 is 2.81 bits per heavy atom. The predicted octanol–water partition coefficient (Wildman–Crippen LogP) is 2.15. The number of hydrogen-bond donors (Lipinski definition) is 1. The Morgan fingerprint density at radius 1 is 1.31 bits per heavy atom. The van der Waals surface area contributed by atoms with Gasteiger partial charge in [0.25, 0.3) is 0 Å². The van der Waals surface area contributed by atoms with Crippen molar-refractivity contribution in [3.8, 4) is 11.5 Å². The van der Waals surface area contributed by atoms with Crippen molar-refractivity contribution in [3.63, 3.8) is 0 Å². The predicted molar refractivity (Wildman–Crippen MR) is 60.1 cm³/mol. The van der Waals surface area contributed by atoms with E-state index in [1.165, 1.54) is 17.2 Å². The average Bonchev–Trinajstić information content (AvgIpc) is 2.28. The normalized spacial score (nSPS) is 14.0. The standard InChI is InChI=1S/C11H10O4S/c12-11(13)3-6-16-8-1-2-9-10(7-8)15-5-4-14-9/h1-3,6-7H,4-5H2,(H,12,13). The lowest BCUT2D eigenvalue weighted by atomic mass is 10.3. The van der Waals surface area contributed by atoms with Crippen LogP contribution < -0.4 is 9.47 Å². The van der Waals surface area contributed by atoms with Crippen molar-refractivity contribution in [1.82, 2.24) is 0 Å². The molecule has 0 amide bonds. The third kappa shape index (κ3) is 2.70. The zero-order valence-corrected chi connectivity index (χ0v) is 9.20. The van der Waals surface area contributed by atoms with E-state index in [-0.39, 0.29) is 0 Å². The number of thioether (sulfide) groups is 1. The average molecular weight is 238 g/mol. The van der Waals surface area contributed by atoms with Crippen LogP contribution in [0.5, 0.6) is 11.5 Å². The first-order valence-corrected chi connectivity index (χ1v) is 5.59. The first-order valence-electron chi connectivity index (χ1n) is 4.71. The van der Waals surface area contributed by atoms with Crippen molar-refractivity contribution < 1.29 is 19.4 Å². The molecule has 1 N–H and O–H groups in total. The van der Waals surface area contributed by atoms with E-state index >= 15 is 0 Å². The first kappa shape index (κ1) is 10.9. The summed E-state index contributed by atoms with van der Waals surface area (Å²) < 4.78 is 10.8. The Labute approximate surface area is 96.9 Å². The van der Waals surface area contributed by atoms with Crippen LogP contribution in [0.1, 0.15) is 0 Å². The summed E-state index contributed by atoms with van der Waals surface area (Å²) in [6.45, 7) is 1.12. The highest BCUT2D eigenvalue weighted by Crippen LogP contribution is 2.34. The third-order valence-electron chi connectivity index (χ3n) is 1.93. The second kappa shape index (κ2) is 4.94. The van der Waals surface area contributed by atoms with Gasteiger partial charge in [-0.1, -0.05) is 11.8 Å². The lowest BCUT2D eigenvalue weighted by Gasteiger charge is -2.18. The quantitative estimate of drug-likeness (QED) is 0.646. The van der Waals surface area contributed by atoms with E-state index in [0.29, 0.717) is 19.0 Å². The molecule has 0 atom stereocenters. The summed E-state index contributed by atoms with van der Waals surface area (Å²) in [6, 6.07) is 5.53. The molecule has 0 radical (unpaired) electrons. The minimum Gasteiger partial charge on any atom is -0.486 e. The molecule has 0 spiro atoms. The Bertz CT molecular complexity index is 428. The van der Waals surface area contributed by atoms with Crippen LogP contribution >= 0.6 is 11.8 Å². The number of ether oxygens (including phenoxy) is 2. The summed E-state index contributed by atoms with van der Waals surface area (Å²) in [7, 11) is 0. The number of benzene rings is 1. The van der Waals surface area contributed by atoms with Gasteiger partial charge in [0.05, 0.1) is 0 Å². The van der Waals surface area contributed by atoms with Gasteiger partial charge in [-0.3, -0.25) is 0 Å². The summed E-state index contributed by atoms with van der Waals surface area (Å²) in [5, 5.41) is 9.96. The highest BCUT2D eigenvalue weighted by Gasteiger charge is 2.11. The maximum atomic E-state index is 10.3. The van der Waals surface area contributed by atoms with Crippen molar-refractivity contribution in [2.45, 2.75) is 4.90 Å². The Kier molecular flexibility index (Phi) is 3.36. The molecular weight excluding hydrogens is 228 g/mol. The van der Waals surface area contributed by atoms with Gasteiger partial charge in [0, 0.05) is 11.0 Å². The highest BCUT2D eigenvalue weighted by atomic mass is 32.2. The molecule has 1 heterocycles. The van der Waals surface area contributed by atoms with E-state index in [2.05, 4.69) is 0 Å². The number of hydrogen-bond acceptors (Lipinski definition) is 4. The van der Waals surface area contributed by atoms with Crippen molar-refractivity contribution in [3.05, 3.63) is 29.7 Å². The molecule has 0 fully saturated rings. The molecule has 16 heavy (non-hydrogen) atoms. The zero-order chi connectivity index (χ0) is 11.4. The van der Waals surface area contributed by atoms with Gasteiger partial charge in [-0.05, 0) is 23.6 Å². The molecule has 0 saturated carbocycles. The van der Waals surface area contributed by atoms with Crippen molar-refractivity contribution in [1.29, 1.82) is 0 Å². The Morgan fingerprint density at radius 2 is 2.06 bits per heavy atom. The van der Waals surface area contributed by atoms with Crippen LogP contribution in [0.4, 0.5) is 0 Å². The van der Waals surface area contributed by atoms with Crippen LogP contribution in [0.15, 0.2) is 34.6 Å². The summed E-state index contributed by atoms with van der Waals surface area (Å²) in [6.07, 6.45) is 1.10. The molecule has 84 valence electrons. The molecule has 1 aromatic rings. The van der Waals surface area contributed by atoms with Crippen LogP contribution in [0, 0.1) is 0 Å². The van der Waals surface area contributed by atoms with Gasteiger partial charge in [0.1, 0.15) is 13.2 Å². The number of fused-ring (bicyclic) bond motifs is 1. The lowest BCUT2D eigenvalue weighted by molar-refractivity contribution is -0.131. The van der Waals surface area contributed by atoms with Crippen molar-refractivity contribution in [2.24, 2.45) is 0 Å². The molecule has 2 rings (SSSR count). The van der Waals surface area contributed by atoms with E-state index in [1.807, 2.05) is 18.2 Å². The molecule has 1 aliphatic heterocycles. The number of carboxylic acid groups (broad SMARTS) is 1. The summed E-state index contributed by atoms with van der Waals surface area (Å²) in [5.41, 5.74) is 0. The molecule has 1 aromatic carbocycles. The third-order valence-corrected chi connectivity index (χ3v) is 2.73. The van der Waals surface area contributed by atoms with Crippen molar-refractivity contribution in [2.75, 3.05) is 13.2 Å². The Hall–Kier alpha value is -1.62. The molecule has 0 bridgehead atoms. The van der Waals surface area contributed by atoms with Gasteiger partial charge in [0.15, 0.2) is 11.5 Å². The van der Waals surface area contributed by atoms with Crippen LogP contribution in [-0.2, 0) is 4.79 Å². The maximum absolute atomic E-state index is 10.3. The molecule has 0 saturated heterocycles. The van der Waals surface area contributed by atoms with Gasteiger partial charge >= 0.3 is 5.97 Å². The molecule has 0 unspecified atom stereocenters. The van der Waals surface area contributed by atoms with E-state index in [1.54, 1.807) is 0 Å². The molecule has 1 aliphatic rings. The fourth-order valence-corrected chi connectivity index (χ4v) is 1.93. The van der Waals surface area contributed by atoms with E-state index in [9.17, 15) is 4.79 Å². The molecule has 0 aromatic heterocycles. The summed E-state index contributed by atoms with van der Waals surface area (Å²) >= 11 is 1.32. The van der Waals surface area contributed by atoms with Crippen LogP contribution in [-0.4, -0.2) is 24.3 Å². The lowest BCUT2D eigenvalue weighted by Crippen LogP contribution is -2.15. The fraction of sp³-hybridized carbons (Fsp3) is 0.182. The van der Waals surface area contributed by atoms with Crippen LogP contribution in [0.2, 0.25) is 0 Å². The minimum absolute atomic E-state index is 0.548. The largest absolute Gasteiger partial charge is 0.486 e. The number of carbonyl (C=O) groups is 1. The monoisotopic (exact) mass is 238 g/mol.